The lowest BCUT2D eigenvalue weighted by Crippen LogP contribution is -2.39. The van der Waals surface area contributed by atoms with Gasteiger partial charge < -0.3 is 20.5 Å². The summed E-state index contributed by atoms with van der Waals surface area (Å²) in [6.45, 7) is 0.256. The molecule has 2 rings (SSSR count). The van der Waals surface area contributed by atoms with Crippen LogP contribution in [-0.2, 0) is 6.54 Å². The Balaban J connectivity index is 1.81. The van der Waals surface area contributed by atoms with Crippen LogP contribution in [0.15, 0.2) is 24.3 Å². The van der Waals surface area contributed by atoms with Gasteiger partial charge in [0.05, 0.1) is 0 Å². The van der Waals surface area contributed by atoms with E-state index in [0.29, 0.717) is 12.5 Å². The summed E-state index contributed by atoms with van der Waals surface area (Å²) in [6, 6.07) is 5.13. The van der Waals surface area contributed by atoms with Crippen LogP contribution < -0.4 is 15.4 Å². The van der Waals surface area contributed by atoms with Gasteiger partial charge >= 0.3 is 12.4 Å². The van der Waals surface area contributed by atoms with Gasteiger partial charge in [-0.1, -0.05) is 18.2 Å². The van der Waals surface area contributed by atoms with Crippen LogP contribution in [0.5, 0.6) is 5.75 Å². The highest BCUT2D eigenvalue weighted by Crippen LogP contribution is 2.36. The number of urea groups is 1. The summed E-state index contributed by atoms with van der Waals surface area (Å²) >= 11 is 0. The molecule has 23 heavy (non-hydrogen) atoms. The number of carbonyl (C=O) groups is 1. The highest BCUT2D eigenvalue weighted by Gasteiger charge is 2.32. The molecule has 0 spiro atoms. The molecule has 0 heterocycles. The van der Waals surface area contributed by atoms with Gasteiger partial charge in [-0.25, -0.2) is 4.79 Å². The molecule has 0 aromatic heterocycles. The Morgan fingerprint density at radius 2 is 2.00 bits per heavy atom. The summed E-state index contributed by atoms with van der Waals surface area (Å²) in [5.41, 5.74) is 0.223. The van der Waals surface area contributed by atoms with Crippen molar-refractivity contribution in [3.63, 3.8) is 0 Å². The highest BCUT2D eigenvalue weighted by molar-refractivity contribution is 5.73. The molecule has 0 aliphatic heterocycles. The van der Waals surface area contributed by atoms with Crippen molar-refractivity contribution in [1.29, 1.82) is 0 Å². The van der Waals surface area contributed by atoms with Gasteiger partial charge in [0.25, 0.3) is 0 Å². The number of ether oxygens (including phenoxy) is 1. The van der Waals surface area contributed by atoms with Crippen molar-refractivity contribution >= 4 is 6.03 Å². The minimum absolute atomic E-state index is 0.00715. The van der Waals surface area contributed by atoms with Gasteiger partial charge in [-0.2, -0.15) is 0 Å². The number of halogens is 3. The largest absolute Gasteiger partial charge is 0.573 e. The molecule has 8 heteroatoms. The van der Waals surface area contributed by atoms with Gasteiger partial charge in [0.15, 0.2) is 0 Å². The third kappa shape index (κ3) is 5.97. The van der Waals surface area contributed by atoms with Crippen LogP contribution in [0.2, 0.25) is 0 Å². The quantitative estimate of drug-likeness (QED) is 0.718. The molecule has 5 nitrogen and oxygen atoms in total. The van der Waals surface area contributed by atoms with E-state index in [0.717, 1.165) is 12.8 Å². The maximum atomic E-state index is 12.3. The number of alkyl halides is 3. The normalized spacial score (nSPS) is 15.8. The Hall–Kier alpha value is -1.96. The zero-order valence-corrected chi connectivity index (χ0v) is 12.4. The Morgan fingerprint density at radius 1 is 1.30 bits per heavy atom. The predicted molar refractivity (Wildman–Crippen MR) is 76.7 cm³/mol. The molecule has 0 radical (unpaired) electrons. The van der Waals surface area contributed by atoms with E-state index in [2.05, 4.69) is 15.4 Å². The molecule has 1 aliphatic carbocycles. The lowest BCUT2D eigenvalue weighted by atomic mass is 10.1. The first-order chi connectivity index (χ1) is 10.9. The second-order valence-electron chi connectivity index (χ2n) is 5.50. The van der Waals surface area contributed by atoms with E-state index in [1.165, 1.54) is 18.2 Å². The number of nitrogens with one attached hydrogen (secondary N) is 2. The van der Waals surface area contributed by atoms with Gasteiger partial charge in [-0.05, 0) is 24.8 Å². The Kier molecular flexibility index (Phi) is 5.70. The predicted octanol–water partition coefficient (Wildman–Crippen LogP) is 2.40. The highest BCUT2D eigenvalue weighted by atomic mass is 19.4. The molecular weight excluding hydrogens is 313 g/mol. The SMILES string of the molecule is O=C(NCc1ccccc1OC(F)(F)F)NCC(CO)C1CC1. The molecule has 1 aromatic carbocycles. The average molecular weight is 332 g/mol. The first-order valence-corrected chi connectivity index (χ1v) is 7.35. The van der Waals surface area contributed by atoms with E-state index in [-0.39, 0.29) is 30.4 Å². The van der Waals surface area contributed by atoms with E-state index in [1.807, 2.05) is 0 Å². The molecule has 1 fully saturated rings. The smallest absolute Gasteiger partial charge is 0.405 e. The second-order valence-corrected chi connectivity index (χ2v) is 5.50. The molecule has 1 atom stereocenters. The Bertz CT molecular complexity index is 533. The third-order valence-electron chi connectivity index (χ3n) is 3.69. The van der Waals surface area contributed by atoms with Crippen molar-refractivity contribution in [1.82, 2.24) is 10.6 Å². The fraction of sp³-hybridized carbons (Fsp3) is 0.533. The molecule has 1 aliphatic rings. The molecule has 3 N–H and O–H groups in total. The van der Waals surface area contributed by atoms with Crippen LogP contribution in [0.25, 0.3) is 0 Å². The minimum atomic E-state index is -4.78. The van der Waals surface area contributed by atoms with Crippen molar-refractivity contribution < 1.29 is 27.8 Å². The molecule has 128 valence electrons. The van der Waals surface area contributed by atoms with E-state index in [1.54, 1.807) is 6.07 Å². The fourth-order valence-corrected chi connectivity index (χ4v) is 2.28. The van der Waals surface area contributed by atoms with Crippen LogP contribution in [0.4, 0.5) is 18.0 Å². The fourth-order valence-electron chi connectivity index (χ4n) is 2.28. The molecule has 2 amide bonds. The number of rotatable bonds is 7. The summed E-state index contributed by atoms with van der Waals surface area (Å²) in [5, 5.41) is 14.3. The van der Waals surface area contributed by atoms with E-state index in [4.69, 9.17) is 0 Å². The standard InChI is InChI=1S/C15H19F3N2O3/c16-15(17,18)23-13-4-2-1-3-11(13)7-19-14(22)20-8-12(9-21)10-5-6-10/h1-4,10,12,21H,5-9H2,(H2,19,20,22). The topological polar surface area (TPSA) is 70.6 Å². The molecular formula is C15H19F3N2O3. The summed E-state index contributed by atoms with van der Waals surface area (Å²) in [4.78, 5) is 11.7. The van der Waals surface area contributed by atoms with Crippen molar-refractivity contribution in [2.45, 2.75) is 25.7 Å². The number of para-hydroxylation sites is 1. The summed E-state index contributed by atoms with van der Waals surface area (Å²) < 4.78 is 40.8. The average Bonchev–Trinajstić information content (AvgIpc) is 3.30. The lowest BCUT2D eigenvalue weighted by Gasteiger charge is -2.16. The van der Waals surface area contributed by atoms with Crippen molar-refractivity contribution in [3.8, 4) is 5.75 Å². The van der Waals surface area contributed by atoms with E-state index >= 15 is 0 Å². The van der Waals surface area contributed by atoms with E-state index in [9.17, 15) is 23.1 Å². The van der Waals surface area contributed by atoms with Gasteiger partial charge in [0.1, 0.15) is 5.75 Å². The lowest BCUT2D eigenvalue weighted by molar-refractivity contribution is -0.274. The monoisotopic (exact) mass is 332 g/mol. The van der Waals surface area contributed by atoms with Crippen molar-refractivity contribution in [2.24, 2.45) is 11.8 Å². The van der Waals surface area contributed by atoms with Gasteiger partial charge in [-0.3, -0.25) is 0 Å². The Labute approximate surface area is 131 Å². The van der Waals surface area contributed by atoms with Crippen molar-refractivity contribution in [2.75, 3.05) is 13.2 Å². The van der Waals surface area contributed by atoms with Crippen LogP contribution in [0.1, 0.15) is 18.4 Å². The first-order valence-electron chi connectivity index (χ1n) is 7.35. The number of aliphatic hydroxyl groups is 1. The zero-order valence-electron chi connectivity index (χ0n) is 12.4. The number of hydrogen-bond acceptors (Lipinski definition) is 3. The van der Waals surface area contributed by atoms with Crippen LogP contribution in [0, 0.1) is 11.8 Å². The number of carbonyl (C=O) groups excluding carboxylic acids is 1. The van der Waals surface area contributed by atoms with Crippen LogP contribution >= 0.6 is 0 Å². The van der Waals surface area contributed by atoms with Gasteiger partial charge in [-0.15, -0.1) is 13.2 Å². The van der Waals surface area contributed by atoms with Crippen LogP contribution in [0.3, 0.4) is 0 Å². The summed E-state index contributed by atoms with van der Waals surface area (Å²) in [6.07, 6.45) is -2.68. The second kappa shape index (κ2) is 7.54. The first kappa shape index (κ1) is 17.4. The molecule has 0 saturated heterocycles. The number of hydrogen-bond donors (Lipinski definition) is 3. The zero-order chi connectivity index (χ0) is 16.9. The minimum Gasteiger partial charge on any atom is -0.405 e. The third-order valence-corrected chi connectivity index (χ3v) is 3.69. The molecule has 1 unspecified atom stereocenters. The Morgan fingerprint density at radius 3 is 2.61 bits per heavy atom. The number of amides is 2. The van der Waals surface area contributed by atoms with E-state index < -0.39 is 12.4 Å². The van der Waals surface area contributed by atoms with Gasteiger partial charge in [0.2, 0.25) is 0 Å². The molecule has 0 bridgehead atoms. The van der Waals surface area contributed by atoms with Crippen LogP contribution in [-0.4, -0.2) is 30.7 Å². The summed E-state index contributed by atoms with van der Waals surface area (Å²) in [5.74, 6) is 0.134. The number of benzene rings is 1. The number of aliphatic hydroxyl groups excluding tert-OH is 1. The summed E-state index contributed by atoms with van der Waals surface area (Å²) in [7, 11) is 0. The van der Waals surface area contributed by atoms with Crippen molar-refractivity contribution in [3.05, 3.63) is 29.8 Å². The molecule has 1 aromatic rings. The maximum Gasteiger partial charge on any atom is 0.573 e. The maximum absolute atomic E-state index is 12.3. The molecule has 1 saturated carbocycles. The van der Waals surface area contributed by atoms with Gasteiger partial charge in [0, 0.05) is 31.2 Å².